The zero-order valence-corrected chi connectivity index (χ0v) is 36.1. The second kappa shape index (κ2) is 23.3. The smallest absolute Gasteiger partial charge is 0.187 e. The fourth-order valence-corrected chi connectivity index (χ4v) is 9.82. The molecule has 2 aromatic rings. The number of nitrogens with one attached hydrogen (secondary N) is 2. The van der Waals surface area contributed by atoms with Crippen LogP contribution in [0.4, 0.5) is 11.4 Å². The Morgan fingerprint density at radius 1 is 0.469 bits per heavy atom. The molecule has 4 aliphatic heterocycles. The standard InChI is InChI=1S/C40H60N2O20S2/c1-2-3-24(41-16-4-8-18(9-5-16)63-39-33(55)29(51)35(22(14-45)59-39)61-37-31(53)27(49)25(47)20(12-43)57-37)42-17-6-10-19(11-7-17)64-40-34(56)30(52)36(23(15-46)60-40)62-38-32(54)28(50)26(48)21(13-44)58-38/h4-11,20-56H,2-3,12-15H2,1H3/t20-,21-,22-,23-,25-,26-,27+,28+,29-,30-,31-,32-,33-,34-,35-,36-,37-,38-,39+,40+/m1/s1. The van der Waals surface area contributed by atoms with E-state index in [4.69, 9.17) is 28.4 Å². The normalized spacial score (nSPS) is 40.6. The number of rotatable bonds is 18. The first-order chi connectivity index (χ1) is 30.6. The molecule has 0 bridgehead atoms. The van der Waals surface area contributed by atoms with E-state index in [0.717, 1.165) is 47.7 Å². The first-order valence-electron chi connectivity index (χ1n) is 20.9. The van der Waals surface area contributed by atoms with E-state index in [9.17, 15) is 71.5 Å². The highest BCUT2D eigenvalue weighted by molar-refractivity contribution is 8.00. The van der Waals surface area contributed by atoms with Gasteiger partial charge in [0.25, 0.3) is 0 Å². The molecule has 0 unspecified atom stereocenters. The summed E-state index contributed by atoms with van der Waals surface area (Å²) in [5.41, 5.74) is -0.603. The van der Waals surface area contributed by atoms with Gasteiger partial charge in [0, 0.05) is 21.2 Å². The van der Waals surface area contributed by atoms with Crippen LogP contribution in [0.1, 0.15) is 19.8 Å². The number of benzene rings is 2. The largest absolute Gasteiger partial charge is 0.394 e. The van der Waals surface area contributed by atoms with Gasteiger partial charge in [0.1, 0.15) is 109 Å². The first-order valence-corrected chi connectivity index (χ1v) is 22.6. The Kier molecular flexibility index (Phi) is 18.7. The van der Waals surface area contributed by atoms with Crippen molar-refractivity contribution in [3.05, 3.63) is 48.5 Å². The molecule has 24 heteroatoms. The molecule has 4 heterocycles. The van der Waals surface area contributed by atoms with E-state index in [1.54, 1.807) is 24.3 Å². The van der Waals surface area contributed by atoms with Crippen molar-refractivity contribution in [1.29, 1.82) is 0 Å². The number of thioether (sulfide) groups is 2. The zero-order chi connectivity index (χ0) is 46.4. The van der Waals surface area contributed by atoms with Crippen molar-refractivity contribution >= 4 is 34.9 Å². The van der Waals surface area contributed by atoms with Crippen LogP contribution in [0.25, 0.3) is 0 Å². The monoisotopic (exact) mass is 952 g/mol. The van der Waals surface area contributed by atoms with Crippen molar-refractivity contribution < 1.29 is 99.9 Å². The molecular weight excluding hydrogens is 893 g/mol. The number of hydrogen-bond donors (Lipinski definition) is 16. The van der Waals surface area contributed by atoms with E-state index >= 15 is 0 Å². The third-order valence-electron chi connectivity index (χ3n) is 11.4. The average Bonchev–Trinajstić information content (AvgIpc) is 3.29. The molecule has 64 heavy (non-hydrogen) atoms. The summed E-state index contributed by atoms with van der Waals surface area (Å²) in [6, 6.07) is 14.4. The molecule has 22 nitrogen and oxygen atoms in total. The van der Waals surface area contributed by atoms with Gasteiger partial charge in [-0.05, 0) is 55.0 Å². The molecule has 4 saturated heterocycles. The molecular formula is C40H60N2O20S2. The van der Waals surface area contributed by atoms with Crippen molar-refractivity contribution in [3.8, 4) is 0 Å². The molecule has 0 saturated carbocycles. The van der Waals surface area contributed by atoms with E-state index in [1.165, 1.54) is 0 Å². The first kappa shape index (κ1) is 51.3. The van der Waals surface area contributed by atoms with Crippen molar-refractivity contribution in [2.45, 2.75) is 157 Å². The Labute approximate surface area is 376 Å². The van der Waals surface area contributed by atoms with Crippen LogP contribution in [-0.2, 0) is 28.4 Å². The third-order valence-corrected chi connectivity index (χ3v) is 13.7. The van der Waals surface area contributed by atoms with Crippen molar-refractivity contribution in [3.63, 3.8) is 0 Å². The van der Waals surface area contributed by atoms with Crippen LogP contribution in [0.2, 0.25) is 0 Å². The van der Waals surface area contributed by atoms with Crippen LogP contribution in [0, 0.1) is 0 Å². The third kappa shape index (κ3) is 11.8. The zero-order valence-electron chi connectivity index (χ0n) is 34.5. The van der Waals surface area contributed by atoms with Gasteiger partial charge in [-0.2, -0.15) is 0 Å². The van der Waals surface area contributed by atoms with Crippen LogP contribution in [-0.4, -0.2) is 225 Å². The van der Waals surface area contributed by atoms with Gasteiger partial charge >= 0.3 is 0 Å². The van der Waals surface area contributed by atoms with Crippen LogP contribution >= 0.6 is 23.5 Å². The van der Waals surface area contributed by atoms with Crippen LogP contribution in [0.15, 0.2) is 58.3 Å². The summed E-state index contributed by atoms with van der Waals surface area (Å²) in [4.78, 5) is 1.31. The van der Waals surface area contributed by atoms with Crippen LogP contribution in [0.3, 0.4) is 0 Å². The summed E-state index contributed by atoms with van der Waals surface area (Å²) >= 11 is 2.17. The van der Waals surface area contributed by atoms with Gasteiger partial charge in [-0.3, -0.25) is 0 Å². The Hall–Kier alpha value is -2.06. The van der Waals surface area contributed by atoms with Crippen LogP contribution in [0.5, 0.6) is 0 Å². The van der Waals surface area contributed by atoms with E-state index < -0.39 is 148 Å². The van der Waals surface area contributed by atoms with E-state index in [1.807, 2.05) is 31.2 Å². The quantitative estimate of drug-likeness (QED) is 0.0630. The summed E-state index contributed by atoms with van der Waals surface area (Å²) < 4.78 is 33.8. The predicted molar refractivity (Wildman–Crippen MR) is 223 cm³/mol. The fraction of sp³-hybridized carbons (Fsp3) is 0.700. The Balaban J connectivity index is 1.01. The maximum absolute atomic E-state index is 11.0. The van der Waals surface area contributed by atoms with Crippen molar-refractivity contribution in [2.24, 2.45) is 0 Å². The predicted octanol–water partition coefficient (Wildman–Crippen LogP) is -4.23. The fourth-order valence-electron chi connectivity index (χ4n) is 7.70. The molecule has 4 aliphatic rings. The van der Waals surface area contributed by atoms with Crippen molar-refractivity contribution in [2.75, 3.05) is 37.1 Å². The van der Waals surface area contributed by atoms with E-state index in [2.05, 4.69) is 10.6 Å². The Morgan fingerprint density at radius 3 is 1.16 bits per heavy atom. The summed E-state index contributed by atoms with van der Waals surface area (Å²) in [6.45, 7) is -0.674. The second-order valence-corrected chi connectivity index (χ2v) is 18.3. The minimum Gasteiger partial charge on any atom is -0.394 e. The number of aliphatic hydroxyl groups excluding tert-OH is 14. The number of hydrogen-bond acceptors (Lipinski definition) is 24. The van der Waals surface area contributed by atoms with Crippen LogP contribution < -0.4 is 10.6 Å². The van der Waals surface area contributed by atoms with Gasteiger partial charge in [-0.25, -0.2) is 0 Å². The summed E-state index contributed by atoms with van der Waals surface area (Å²) in [7, 11) is 0. The highest BCUT2D eigenvalue weighted by Gasteiger charge is 2.52. The molecule has 0 aliphatic carbocycles. The highest BCUT2D eigenvalue weighted by atomic mass is 32.2. The van der Waals surface area contributed by atoms with Gasteiger partial charge in [0.15, 0.2) is 12.6 Å². The number of ether oxygens (including phenoxy) is 6. The SMILES string of the molecule is CCCC(Nc1ccc(S[C@@H]2O[C@H](CO)[C@@H](O[C@H]3O[C@H](CO)[C@@H](O)[C@H](O)[C@H]3O)[C@H](O)[C@H]2O)cc1)Nc1ccc(S[C@@H]2O[C@H](CO)[C@@H](O[C@H]3O[C@H](CO)[C@@H](O)[C@H](O)[C@H]3O)[C@H](O)[C@H]2O)cc1. The molecule has 0 radical (unpaired) electrons. The lowest BCUT2D eigenvalue weighted by atomic mass is 9.97. The molecule has 4 fully saturated rings. The molecule has 0 aromatic heterocycles. The Bertz CT molecular complexity index is 1590. The average molecular weight is 953 g/mol. The number of aliphatic hydroxyl groups is 14. The van der Waals surface area contributed by atoms with Gasteiger partial charge in [0.05, 0.1) is 32.6 Å². The summed E-state index contributed by atoms with van der Waals surface area (Å²) in [5.74, 6) is 0. The minimum atomic E-state index is -1.77. The molecule has 0 spiro atoms. The molecule has 6 rings (SSSR count). The summed E-state index contributed by atoms with van der Waals surface area (Å²) in [6.07, 6.45) is -26.3. The van der Waals surface area contributed by atoms with Gasteiger partial charge < -0.3 is 111 Å². The molecule has 20 atom stereocenters. The van der Waals surface area contributed by atoms with Gasteiger partial charge in [0.2, 0.25) is 0 Å². The highest BCUT2D eigenvalue weighted by Crippen LogP contribution is 2.38. The molecule has 16 N–H and O–H groups in total. The van der Waals surface area contributed by atoms with Gasteiger partial charge in [-0.15, -0.1) is 0 Å². The van der Waals surface area contributed by atoms with E-state index in [0.29, 0.717) is 9.79 Å². The van der Waals surface area contributed by atoms with E-state index in [-0.39, 0.29) is 6.17 Å². The molecule has 2 aromatic carbocycles. The topological polar surface area (TPSA) is 363 Å². The maximum atomic E-state index is 11.0. The second-order valence-electron chi connectivity index (χ2n) is 15.9. The maximum Gasteiger partial charge on any atom is 0.187 e. The number of anilines is 2. The minimum absolute atomic E-state index is 0.226. The lowest BCUT2D eigenvalue weighted by Gasteiger charge is -2.46. The summed E-state index contributed by atoms with van der Waals surface area (Å²) in [5, 5.41) is 151. The van der Waals surface area contributed by atoms with Gasteiger partial charge in [-0.1, -0.05) is 36.9 Å². The lowest BCUT2D eigenvalue weighted by Crippen LogP contribution is -2.64. The Morgan fingerprint density at radius 2 is 0.828 bits per heavy atom. The van der Waals surface area contributed by atoms with Crippen molar-refractivity contribution in [1.82, 2.24) is 0 Å². The molecule has 0 amide bonds. The molecule has 362 valence electrons. The lowest BCUT2D eigenvalue weighted by molar-refractivity contribution is -0.338.